The lowest BCUT2D eigenvalue weighted by Gasteiger charge is -2.19. The van der Waals surface area contributed by atoms with Crippen LogP contribution in [-0.2, 0) is 9.59 Å². The summed E-state index contributed by atoms with van der Waals surface area (Å²) in [5.41, 5.74) is 0.612. The molecule has 0 spiro atoms. The first-order chi connectivity index (χ1) is 10.6. The van der Waals surface area contributed by atoms with Crippen LogP contribution in [0.4, 0.5) is 0 Å². The molecule has 0 atom stereocenters. The zero-order valence-electron chi connectivity index (χ0n) is 12.3. The van der Waals surface area contributed by atoms with Crippen molar-refractivity contribution < 1.29 is 14.4 Å². The van der Waals surface area contributed by atoms with Gasteiger partial charge in [0.25, 0.3) is 0 Å². The van der Waals surface area contributed by atoms with E-state index in [1.165, 1.54) is 0 Å². The average molecular weight is 323 g/mol. The Balaban J connectivity index is 1.75. The SMILES string of the molecule is O=C1CCN(C(=O)CCCC(=O)c2ccc(Cl)cc2)CCN1. The van der Waals surface area contributed by atoms with Crippen LogP contribution in [0.1, 0.15) is 36.0 Å². The van der Waals surface area contributed by atoms with Gasteiger partial charge in [0.1, 0.15) is 0 Å². The highest BCUT2D eigenvalue weighted by Gasteiger charge is 2.18. The van der Waals surface area contributed by atoms with Gasteiger partial charge in [-0.3, -0.25) is 14.4 Å². The van der Waals surface area contributed by atoms with Crippen molar-refractivity contribution in [2.24, 2.45) is 0 Å². The van der Waals surface area contributed by atoms with Gasteiger partial charge < -0.3 is 10.2 Å². The molecule has 0 aromatic heterocycles. The second kappa shape index (κ2) is 7.94. The summed E-state index contributed by atoms with van der Waals surface area (Å²) in [5, 5.41) is 3.33. The van der Waals surface area contributed by atoms with E-state index in [0.29, 0.717) is 55.9 Å². The minimum atomic E-state index is -0.0202. The van der Waals surface area contributed by atoms with Crippen LogP contribution in [0.5, 0.6) is 0 Å². The third-order valence-electron chi connectivity index (χ3n) is 3.63. The summed E-state index contributed by atoms with van der Waals surface area (Å²) in [6, 6.07) is 6.75. The zero-order chi connectivity index (χ0) is 15.9. The highest BCUT2D eigenvalue weighted by Crippen LogP contribution is 2.13. The largest absolute Gasteiger partial charge is 0.354 e. The predicted molar refractivity (Wildman–Crippen MR) is 83.8 cm³/mol. The number of Topliss-reactive ketones (excluding diaryl/α,β-unsaturated/α-hetero) is 1. The second-order valence-electron chi connectivity index (χ2n) is 5.26. The summed E-state index contributed by atoms with van der Waals surface area (Å²) < 4.78 is 0. The van der Waals surface area contributed by atoms with Crippen LogP contribution in [-0.4, -0.2) is 42.1 Å². The van der Waals surface area contributed by atoms with E-state index in [2.05, 4.69) is 5.32 Å². The molecule has 1 aliphatic rings. The number of nitrogens with zero attached hydrogens (tertiary/aromatic N) is 1. The van der Waals surface area contributed by atoms with Crippen LogP contribution in [0.2, 0.25) is 5.02 Å². The molecule has 2 amide bonds. The number of carbonyl (C=O) groups is 3. The second-order valence-corrected chi connectivity index (χ2v) is 5.70. The molecule has 1 heterocycles. The van der Waals surface area contributed by atoms with E-state index < -0.39 is 0 Å². The Morgan fingerprint density at radius 1 is 1.14 bits per heavy atom. The molecule has 118 valence electrons. The van der Waals surface area contributed by atoms with E-state index in [9.17, 15) is 14.4 Å². The monoisotopic (exact) mass is 322 g/mol. The van der Waals surface area contributed by atoms with Crippen LogP contribution in [0, 0.1) is 0 Å². The maximum absolute atomic E-state index is 12.1. The lowest BCUT2D eigenvalue weighted by atomic mass is 10.1. The van der Waals surface area contributed by atoms with Gasteiger partial charge in [0.05, 0.1) is 0 Å². The Kier molecular flexibility index (Phi) is 5.95. The van der Waals surface area contributed by atoms with Gasteiger partial charge in [-0.15, -0.1) is 0 Å². The standard InChI is InChI=1S/C16H19ClN2O3/c17-13-6-4-12(5-7-13)14(20)2-1-3-16(22)19-10-8-15(21)18-9-11-19/h4-7H,1-3,8-11H2,(H,18,21). The molecule has 1 saturated heterocycles. The third kappa shape index (κ3) is 4.84. The van der Waals surface area contributed by atoms with E-state index >= 15 is 0 Å². The number of ketones is 1. The van der Waals surface area contributed by atoms with Crippen molar-refractivity contribution in [3.8, 4) is 0 Å². The van der Waals surface area contributed by atoms with Crippen molar-refractivity contribution in [2.75, 3.05) is 19.6 Å². The van der Waals surface area contributed by atoms with Gasteiger partial charge in [0.15, 0.2) is 5.78 Å². The van der Waals surface area contributed by atoms with Crippen LogP contribution in [0.3, 0.4) is 0 Å². The predicted octanol–water partition coefficient (Wildman–Crippen LogP) is 2.04. The molecule has 2 rings (SSSR count). The molecule has 1 aromatic carbocycles. The number of rotatable bonds is 5. The molecule has 5 nitrogen and oxygen atoms in total. The van der Waals surface area contributed by atoms with Crippen LogP contribution < -0.4 is 5.32 Å². The van der Waals surface area contributed by atoms with Gasteiger partial charge >= 0.3 is 0 Å². The van der Waals surface area contributed by atoms with Crippen molar-refractivity contribution >= 4 is 29.2 Å². The maximum Gasteiger partial charge on any atom is 0.222 e. The average Bonchev–Trinajstić information content (AvgIpc) is 2.72. The van der Waals surface area contributed by atoms with Crippen LogP contribution in [0.25, 0.3) is 0 Å². The van der Waals surface area contributed by atoms with Crippen molar-refractivity contribution in [1.82, 2.24) is 10.2 Å². The normalized spacial score (nSPS) is 15.1. The van der Waals surface area contributed by atoms with Crippen LogP contribution >= 0.6 is 11.6 Å². The van der Waals surface area contributed by atoms with Gasteiger partial charge in [-0.25, -0.2) is 0 Å². The maximum atomic E-state index is 12.1. The Bertz CT molecular complexity index is 557. The fraction of sp³-hybridized carbons (Fsp3) is 0.438. The molecule has 0 unspecified atom stereocenters. The fourth-order valence-electron chi connectivity index (χ4n) is 2.35. The first-order valence-electron chi connectivity index (χ1n) is 7.39. The van der Waals surface area contributed by atoms with Gasteiger partial charge in [-0.05, 0) is 30.7 Å². The topological polar surface area (TPSA) is 66.5 Å². The lowest BCUT2D eigenvalue weighted by molar-refractivity contribution is -0.131. The summed E-state index contributed by atoms with van der Waals surface area (Å²) in [7, 11) is 0. The molecule has 0 radical (unpaired) electrons. The Labute approximate surface area is 134 Å². The summed E-state index contributed by atoms with van der Waals surface area (Å²) in [6.07, 6.45) is 1.51. The highest BCUT2D eigenvalue weighted by molar-refractivity contribution is 6.30. The van der Waals surface area contributed by atoms with Gasteiger partial charge in [0, 0.05) is 49.5 Å². The minimum Gasteiger partial charge on any atom is -0.354 e. The Morgan fingerprint density at radius 2 is 1.86 bits per heavy atom. The van der Waals surface area contributed by atoms with E-state index in [4.69, 9.17) is 11.6 Å². The Morgan fingerprint density at radius 3 is 2.59 bits per heavy atom. The van der Waals surface area contributed by atoms with Crippen molar-refractivity contribution in [2.45, 2.75) is 25.7 Å². The number of benzene rings is 1. The van der Waals surface area contributed by atoms with E-state index in [1.54, 1.807) is 29.2 Å². The molecular formula is C16H19ClN2O3. The zero-order valence-corrected chi connectivity index (χ0v) is 13.1. The molecule has 0 bridgehead atoms. The number of halogens is 1. The van der Waals surface area contributed by atoms with Gasteiger partial charge in [-0.1, -0.05) is 11.6 Å². The number of hydrogen-bond acceptors (Lipinski definition) is 3. The minimum absolute atomic E-state index is 0.000376. The molecule has 1 N–H and O–H groups in total. The summed E-state index contributed by atoms with van der Waals surface area (Å²) >= 11 is 5.78. The van der Waals surface area contributed by atoms with Crippen molar-refractivity contribution in [3.63, 3.8) is 0 Å². The molecule has 0 saturated carbocycles. The third-order valence-corrected chi connectivity index (χ3v) is 3.88. The quantitative estimate of drug-likeness (QED) is 0.844. The molecular weight excluding hydrogens is 304 g/mol. The number of amides is 2. The van der Waals surface area contributed by atoms with Gasteiger partial charge in [-0.2, -0.15) is 0 Å². The number of hydrogen-bond donors (Lipinski definition) is 1. The van der Waals surface area contributed by atoms with Crippen molar-refractivity contribution in [3.05, 3.63) is 34.9 Å². The first-order valence-corrected chi connectivity index (χ1v) is 7.77. The summed E-state index contributed by atoms with van der Waals surface area (Å²) in [5.74, 6) is -0.00852. The van der Waals surface area contributed by atoms with Gasteiger partial charge in [0.2, 0.25) is 11.8 Å². The first kappa shape index (κ1) is 16.5. The van der Waals surface area contributed by atoms with E-state index in [1.807, 2.05) is 0 Å². The summed E-state index contributed by atoms with van der Waals surface area (Å²) in [4.78, 5) is 37.0. The highest BCUT2D eigenvalue weighted by atomic mass is 35.5. The summed E-state index contributed by atoms with van der Waals surface area (Å²) in [6.45, 7) is 1.49. The molecule has 0 aliphatic carbocycles. The Hall–Kier alpha value is -1.88. The molecule has 1 aliphatic heterocycles. The van der Waals surface area contributed by atoms with Crippen LogP contribution in [0.15, 0.2) is 24.3 Å². The fourth-order valence-corrected chi connectivity index (χ4v) is 2.48. The smallest absolute Gasteiger partial charge is 0.222 e. The van der Waals surface area contributed by atoms with E-state index in [0.717, 1.165) is 0 Å². The van der Waals surface area contributed by atoms with E-state index in [-0.39, 0.29) is 17.6 Å². The molecule has 22 heavy (non-hydrogen) atoms. The number of nitrogens with one attached hydrogen (secondary N) is 1. The number of carbonyl (C=O) groups excluding carboxylic acids is 3. The molecule has 1 fully saturated rings. The molecule has 1 aromatic rings. The molecule has 6 heteroatoms. The van der Waals surface area contributed by atoms with Crippen molar-refractivity contribution in [1.29, 1.82) is 0 Å². The lowest BCUT2D eigenvalue weighted by Crippen LogP contribution is -2.34.